The average Bonchev–Trinajstić information content (AvgIpc) is 2.82. The fourth-order valence-electron chi connectivity index (χ4n) is 2.61. The lowest BCUT2D eigenvalue weighted by molar-refractivity contribution is -0.134. The van der Waals surface area contributed by atoms with Gasteiger partial charge in [-0.25, -0.2) is 0 Å². The normalized spacial score (nSPS) is 27.3. The SMILES string of the molecule is COC1CCN(C(=O)CC2CCCN2)CC1. The zero-order chi connectivity index (χ0) is 11.4. The molecule has 0 aliphatic carbocycles. The molecule has 0 aromatic heterocycles. The first-order chi connectivity index (χ1) is 7.79. The monoisotopic (exact) mass is 226 g/mol. The first kappa shape index (κ1) is 11.9. The molecule has 0 aromatic carbocycles. The zero-order valence-electron chi connectivity index (χ0n) is 10.1. The highest BCUT2D eigenvalue weighted by atomic mass is 16.5. The third-order valence-corrected chi connectivity index (χ3v) is 3.71. The molecule has 2 heterocycles. The summed E-state index contributed by atoms with van der Waals surface area (Å²) in [6, 6.07) is 0.424. The topological polar surface area (TPSA) is 41.6 Å². The lowest BCUT2D eigenvalue weighted by Gasteiger charge is -2.31. The minimum absolute atomic E-state index is 0.314. The fraction of sp³-hybridized carbons (Fsp3) is 0.917. The number of hydrogen-bond acceptors (Lipinski definition) is 3. The van der Waals surface area contributed by atoms with Crippen LogP contribution in [0.5, 0.6) is 0 Å². The number of hydrogen-bond donors (Lipinski definition) is 1. The van der Waals surface area contributed by atoms with Crippen molar-refractivity contribution in [3.63, 3.8) is 0 Å². The molecule has 1 atom stereocenters. The van der Waals surface area contributed by atoms with E-state index in [0.717, 1.165) is 38.9 Å². The number of likely N-dealkylation sites (tertiary alicyclic amines) is 1. The van der Waals surface area contributed by atoms with Gasteiger partial charge < -0.3 is 15.0 Å². The molecule has 2 saturated heterocycles. The van der Waals surface area contributed by atoms with Crippen molar-refractivity contribution in [2.75, 3.05) is 26.7 Å². The standard InChI is InChI=1S/C12H22N2O2/c1-16-11-4-7-14(8-5-11)12(15)9-10-3-2-6-13-10/h10-11,13H,2-9H2,1H3. The van der Waals surface area contributed by atoms with Gasteiger partial charge in [0.15, 0.2) is 0 Å². The quantitative estimate of drug-likeness (QED) is 0.772. The molecular weight excluding hydrogens is 204 g/mol. The van der Waals surface area contributed by atoms with Crippen LogP contribution in [-0.4, -0.2) is 49.7 Å². The molecular formula is C12H22N2O2. The maximum atomic E-state index is 12.0. The van der Waals surface area contributed by atoms with Crippen LogP contribution in [0.1, 0.15) is 32.1 Å². The minimum atomic E-state index is 0.314. The lowest BCUT2D eigenvalue weighted by atomic mass is 10.1. The molecule has 1 unspecified atom stereocenters. The van der Waals surface area contributed by atoms with Crippen LogP contribution in [0.25, 0.3) is 0 Å². The Hall–Kier alpha value is -0.610. The Morgan fingerprint density at radius 3 is 2.69 bits per heavy atom. The smallest absolute Gasteiger partial charge is 0.224 e. The van der Waals surface area contributed by atoms with Crippen LogP contribution in [0.2, 0.25) is 0 Å². The molecule has 16 heavy (non-hydrogen) atoms. The van der Waals surface area contributed by atoms with Crippen molar-refractivity contribution in [1.29, 1.82) is 0 Å². The predicted octanol–water partition coefficient (Wildman–Crippen LogP) is 0.766. The van der Waals surface area contributed by atoms with E-state index in [1.807, 2.05) is 4.90 Å². The van der Waals surface area contributed by atoms with E-state index >= 15 is 0 Å². The Labute approximate surface area is 97.3 Å². The molecule has 4 nitrogen and oxygen atoms in total. The van der Waals surface area contributed by atoms with Crippen molar-refractivity contribution < 1.29 is 9.53 Å². The molecule has 92 valence electrons. The van der Waals surface area contributed by atoms with Crippen molar-refractivity contribution in [3.05, 3.63) is 0 Å². The highest BCUT2D eigenvalue weighted by Crippen LogP contribution is 2.16. The Bertz CT molecular complexity index is 231. The van der Waals surface area contributed by atoms with Crippen LogP contribution >= 0.6 is 0 Å². The number of carbonyl (C=O) groups excluding carboxylic acids is 1. The first-order valence-electron chi connectivity index (χ1n) is 6.33. The number of nitrogens with zero attached hydrogens (tertiary/aromatic N) is 1. The number of methoxy groups -OCH3 is 1. The zero-order valence-corrected chi connectivity index (χ0v) is 10.1. The summed E-state index contributed by atoms with van der Waals surface area (Å²) in [5, 5.41) is 3.37. The fourth-order valence-corrected chi connectivity index (χ4v) is 2.61. The molecule has 0 radical (unpaired) electrons. The summed E-state index contributed by atoms with van der Waals surface area (Å²) in [7, 11) is 1.75. The minimum Gasteiger partial charge on any atom is -0.381 e. The van der Waals surface area contributed by atoms with Crippen molar-refractivity contribution in [2.24, 2.45) is 0 Å². The second-order valence-electron chi connectivity index (χ2n) is 4.81. The average molecular weight is 226 g/mol. The Morgan fingerprint density at radius 1 is 1.38 bits per heavy atom. The van der Waals surface area contributed by atoms with Gasteiger partial charge in [-0.2, -0.15) is 0 Å². The summed E-state index contributed by atoms with van der Waals surface area (Å²) < 4.78 is 5.30. The Balaban J connectivity index is 1.73. The molecule has 0 aromatic rings. The third-order valence-electron chi connectivity index (χ3n) is 3.71. The molecule has 2 rings (SSSR count). The number of ether oxygens (including phenoxy) is 1. The van der Waals surface area contributed by atoms with E-state index in [9.17, 15) is 4.79 Å². The summed E-state index contributed by atoms with van der Waals surface area (Å²) in [4.78, 5) is 14.0. The first-order valence-corrected chi connectivity index (χ1v) is 6.33. The van der Waals surface area contributed by atoms with Gasteiger partial charge in [-0.3, -0.25) is 4.79 Å². The van der Waals surface area contributed by atoms with Crippen molar-refractivity contribution in [3.8, 4) is 0 Å². The molecule has 2 aliphatic heterocycles. The van der Waals surface area contributed by atoms with E-state index in [0.29, 0.717) is 24.5 Å². The second kappa shape index (κ2) is 5.64. The Kier molecular flexibility index (Phi) is 4.18. The summed E-state index contributed by atoms with van der Waals surface area (Å²) >= 11 is 0. The number of carbonyl (C=O) groups is 1. The molecule has 1 N–H and O–H groups in total. The maximum Gasteiger partial charge on any atom is 0.224 e. The number of piperidine rings is 1. The number of rotatable bonds is 3. The maximum absolute atomic E-state index is 12.0. The van der Waals surface area contributed by atoms with Gasteiger partial charge in [0.1, 0.15) is 0 Å². The van der Waals surface area contributed by atoms with E-state index < -0.39 is 0 Å². The molecule has 0 spiro atoms. The van der Waals surface area contributed by atoms with E-state index in [2.05, 4.69) is 5.32 Å². The van der Waals surface area contributed by atoms with Crippen LogP contribution in [0, 0.1) is 0 Å². The van der Waals surface area contributed by atoms with Gasteiger partial charge >= 0.3 is 0 Å². The predicted molar refractivity (Wildman–Crippen MR) is 62.3 cm³/mol. The second-order valence-corrected chi connectivity index (χ2v) is 4.81. The van der Waals surface area contributed by atoms with Crippen LogP contribution in [0.15, 0.2) is 0 Å². The van der Waals surface area contributed by atoms with Crippen LogP contribution in [-0.2, 0) is 9.53 Å². The van der Waals surface area contributed by atoms with Crippen LogP contribution in [0.3, 0.4) is 0 Å². The molecule has 2 fully saturated rings. The van der Waals surface area contributed by atoms with E-state index in [4.69, 9.17) is 4.74 Å². The van der Waals surface area contributed by atoms with Gasteiger partial charge in [0.2, 0.25) is 5.91 Å². The molecule has 4 heteroatoms. The molecule has 0 bridgehead atoms. The Morgan fingerprint density at radius 2 is 2.12 bits per heavy atom. The largest absolute Gasteiger partial charge is 0.381 e. The van der Waals surface area contributed by atoms with Gasteiger partial charge in [0, 0.05) is 32.7 Å². The summed E-state index contributed by atoms with van der Waals surface area (Å²) in [6.07, 6.45) is 5.37. The lowest BCUT2D eigenvalue weighted by Crippen LogP contribution is -2.42. The summed E-state index contributed by atoms with van der Waals surface area (Å²) in [5.74, 6) is 0.314. The van der Waals surface area contributed by atoms with Crippen LogP contribution < -0.4 is 5.32 Å². The molecule has 1 amide bonds. The van der Waals surface area contributed by atoms with Crippen molar-refractivity contribution >= 4 is 5.91 Å². The van der Waals surface area contributed by atoms with Gasteiger partial charge in [0.25, 0.3) is 0 Å². The summed E-state index contributed by atoms with van der Waals surface area (Å²) in [5.41, 5.74) is 0. The molecule has 2 aliphatic rings. The van der Waals surface area contributed by atoms with Gasteiger partial charge in [-0.15, -0.1) is 0 Å². The van der Waals surface area contributed by atoms with Crippen molar-refractivity contribution in [1.82, 2.24) is 10.2 Å². The highest BCUT2D eigenvalue weighted by Gasteiger charge is 2.25. The summed E-state index contributed by atoms with van der Waals surface area (Å²) in [6.45, 7) is 2.80. The van der Waals surface area contributed by atoms with E-state index in [1.54, 1.807) is 7.11 Å². The van der Waals surface area contributed by atoms with Gasteiger partial charge in [0.05, 0.1) is 6.10 Å². The van der Waals surface area contributed by atoms with Crippen LogP contribution in [0.4, 0.5) is 0 Å². The number of amides is 1. The van der Waals surface area contributed by atoms with E-state index in [1.165, 1.54) is 6.42 Å². The van der Waals surface area contributed by atoms with Gasteiger partial charge in [-0.05, 0) is 32.2 Å². The van der Waals surface area contributed by atoms with Crippen molar-refractivity contribution in [2.45, 2.75) is 44.2 Å². The van der Waals surface area contributed by atoms with E-state index in [-0.39, 0.29) is 0 Å². The molecule has 0 saturated carbocycles. The highest BCUT2D eigenvalue weighted by molar-refractivity contribution is 5.77. The number of nitrogens with one attached hydrogen (secondary N) is 1. The third kappa shape index (κ3) is 2.95. The van der Waals surface area contributed by atoms with Gasteiger partial charge in [-0.1, -0.05) is 0 Å².